The highest BCUT2D eigenvalue weighted by Crippen LogP contribution is 2.31. The van der Waals surface area contributed by atoms with E-state index < -0.39 is 8.60 Å². The summed E-state index contributed by atoms with van der Waals surface area (Å²) in [6, 6.07) is 3.29. The van der Waals surface area contributed by atoms with Crippen LogP contribution in [-0.2, 0) is 9.05 Å². The van der Waals surface area contributed by atoms with Crippen LogP contribution in [0.5, 0.6) is 0 Å². The second kappa shape index (κ2) is 6.41. The van der Waals surface area contributed by atoms with E-state index >= 15 is 0 Å². The highest BCUT2D eigenvalue weighted by molar-refractivity contribution is 7.40. The molecule has 0 heterocycles. The molecule has 0 saturated carbocycles. The molecule has 0 saturated heterocycles. The van der Waals surface area contributed by atoms with Crippen molar-refractivity contribution in [3.8, 4) is 12.1 Å². The van der Waals surface area contributed by atoms with Crippen LogP contribution in [0.1, 0.15) is 0 Å². The van der Waals surface area contributed by atoms with Crippen LogP contribution in [-0.4, -0.2) is 18.1 Å². The molecule has 0 aliphatic heterocycles. The summed E-state index contributed by atoms with van der Waals surface area (Å²) < 4.78 is 8.76. The molecule has 0 unspecified atom stereocenters. The van der Waals surface area contributed by atoms with Crippen molar-refractivity contribution in [1.82, 2.24) is 0 Å². The van der Waals surface area contributed by atoms with E-state index in [1.807, 2.05) is 0 Å². The van der Waals surface area contributed by atoms with Gasteiger partial charge in [-0.3, -0.25) is 9.05 Å². The van der Waals surface area contributed by atoms with E-state index in [9.17, 15) is 0 Å². The molecule has 0 radical (unpaired) electrons. The molecule has 5 nitrogen and oxygen atoms in total. The maximum Gasteiger partial charge on any atom is 0.331 e. The Morgan fingerprint density at radius 2 is 1.60 bits per heavy atom. The van der Waals surface area contributed by atoms with Crippen LogP contribution in [0.4, 0.5) is 0 Å². The number of rotatable bonds is 4. The van der Waals surface area contributed by atoms with Crippen LogP contribution in [0.25, 0.3) is 0 Å². The molecule has 0 aliphatic carbocycles. The van der Waals surface area contributed by atoms with Crippen molar-refractivity contribution < 1.29 is 13.9 Å². The number of hydrogen-bond acceptors (Lipinski definition) is 5. The van der Waals surface area contributed by atoms with Crippen molar-refractivity contribution in [2.24, 2.45) is 0 Å². The normalized spacial score (nSPS) is 8.80. The Kier molecular flexibility index (Phi) is 5.96. The van der Waals surface area contributed by atoms with E-state index in [2.05, 4.69) is 9.05 Å². The average molecular weight is 160 g/mol. The fourth-order valence-corrected chi connectivity index (χ4v) is 0.616. The maximum absolute atomic E-state index is 8.63. The molecular formula is C4H5N2O3P. The molecule has 0 amide bonds. The van der Waals surface area contributed by atoms with Crippen LogP contribution in [0.2, 0.25) is 0 Å². The minimum atomic E-state index is -2.04. The smallest absolute Gasteiger partial charge is 0.328 e. The highest BCUT2D eigenvalue weighted by Gasteiger charge is 2.03. The van der Waals surface area contributed by atoms with Gasteiger partial charge in [0, 0.05) is 0 Å². The third kappa shape index (κ3) is 5.43. The molecule has 1 N–H and O–H groups in total. The topological polar surface area (TPSA) is 86.3 Å². The number of nitrogens with zero attached hydrogens (tertiary/aromatic N) is 2. The zero-order valence-corrected chi connectivity index (χ0v) is 5.91. The molecule has 0 spiro atoms. The Hall–Kier alpha value is -0.710. The van der Waals surface area contributed by atoms with Crippen molar-refractivity contribution in [2.45, 2.75) is 0 Å². The largest absolute Gasteiger partial charge is 0.331 e. The predicted molar refractivity (Wildman–Crippen MR) is 32.3 cm³/mol. The lowest BCUT2D eigenvalue weighted by molar-refractivity contribution is 0.236. The van der Waals surface area contributed by atoms with Gasteiger partial charge >= 0.3 is 8.60 Å². The summed E-state index contributed by atoms with van der Waals surface area (Å²) in [5.41, 5.74) is 0. The zero-order chi connectivity index (χ0) is 7.82. The van der Waals surface area contributed by atoms with Crippen LogP contribution >= 0.6 is 8.60 Å². The van der Waals surface area contributed by atoms with Crippen molar-refractivity contribution in [1.29, 1.82) is 10.5 Å². The third-order valence-electron chi connectivity index (χ3n) is 0.479. The minimum absolute atomic E-state index is 0.229. The fraction of sp³-hybridized carbons (Fsp3) is 0.500. The lowest BCUT2D eigenvalue weighted by atomic mass is 10.9. The Labute approximate surface area is 59.4 Å². The Morgan fingerprint density at radius 1 is 1.20 bits per heavy atom. The van der Waals surface area contributed by atoms with E-state index in [0.29, 0.717) is 0 Å². The van der Waals surface area contributed by atoms with Gasteiger partial charge in [-0.2, -0.15) is 10.5 Å². The van der Waals surface area contributed by atoms with Gasteiger partial charge in [-0.15, -0.1) is 0 Å². The first-order valence-electron chi connectivity index (χ1n) is 2.30. The van der Waals surface area contributed by atoms with Gasteiger partial charge in [0.1, 0.15) is 13.2 Å². The van der Waals surface area contributed by atoms with Gasteiger partial charge in [0.05, 0.1) is 12.1 Å². The third-order valence-corrected chi connectivity index (χ3v) is 1.18. The second-order valence-corrected chi connectivity index (χ2v) is 2.09. The van der Waals surface area contributed by atoms with Crippen molar-refractivity contribution in [2.75, 3.05) is 13.2 Å². The molecule has 10 heavy (non-hydrogen) atoms. The summed E-state index contributed by atoms with van der Waals surface area (Å²) in [4.78, 5) is 8.63. The zero-order valence-electron chi connectivity index (χ0n) is 5.02. The van der Waals surface area contributed by atoms with Crippen LogP contribution in [0, 0.1) is 22.7 Å². The van der Waals surface area contributed by atoms with E-state index in [0.717, 1.165) is 0 Å². The fourth-order valence-electron chi connectivity index (χ4n) is 0.205. The van der Waals surface area contributed by atoms with Gasteiger partial charge < -0.3 is 4.89 Å². The molecule has 0 aromatic rings. The molecule has 0 aromatic heterocycles. The van der Waals surface area contributed by atoms with Crippen LogP contribution in [0.15, 0.2) is 0 Å². The summed E-state index contributed by atoms with van der Waals surface area (Å²) in [6.07, 6.45) is 0. The minimum Gasteiger partial charge on any atom is -0.328 e. The number of nitriles is 2. The van der Waals surface area contributed by atoms with E-state index in [-0.39, 0.29) is 13.2 Å². The maximum atomic E-state index is 8.63. The summed E-state index contributed by atoms with van der Waals surface area (Å²) in [6.45, 7) is -0.457. The summed E-state index contributed by atoms with van der Waals surface area (Å²) >= 11 is 0. The van der Waals surface area contributed by atoms with Gasteiger partial charge in [-0.1, -0.05) is 0 Å². The number of hydrogen-bond donors (Lipinski definition) is 1. The lowest BCUT2D eigenvalue weighted by Gasteiger charge is -2.03. The van der Waals surface area contributed by atoms with Crippen molar-refractivity contribution in [3.63, 3.8) is 0 Å². The van der Waals surface area contributed by atoms with E-state index in [4.69, 9.17) is 15.4 Å². The van der Waals surface area contributed by atoms with Crippen LogP contribution < -0.4 is 0 Å². The van der Waals surface area contributed by atoms with Gasteiger partial charge in [0.25, 0.3) is 0 Å². The summed E-state index contributed by atoms with van der Waals surface area (Å²) in [5, 5.41) is 15.9. The summed E-state index contributed by atoms with van der Waals surface area (Å²) in [5.74, 6) is 0. The Balaban J connectivity index is 3.20. The van der Waals surface area contributed by atoms with Crippen LogP contribution in [0.3, 0.4) is 0 Å². The Morgan fingerprint density at radius 3 is 1.90 bits per heavy atom. The van der Waals surface area contributed by atoms with E-state index in [1.165, 1.54) is 0 Å². The first-order chi connectivity index (χ1) is 4.81. The first kappa shape index (κ1) is 9.29. The van der Waals surface area contributed by atoms with Gasteiger partial charge in [0.2, 0.25) is 0 Å². The first-order valence-corrected chi connectivity index (χ1v) is 3.43. The molecule has 0 atom stereocenters. The molecule has 0 fully saturated rings. The molecule has 6 heteroatoms. The molecule has 54 valence electrons. The van der Waals surface area contributed by atoms with Gasteiger partial charge in [0.15, 0.2) is 0 Å². The molecular weight excluding hydrogens is 155 g/mol. The van der Waals surface area contributed by atoms with Crippen molar-refractivity contribution in [3.05, 3.63) is 0 Å². The molecule has 0 bridgehead atoms. The van der Waals surface area contributed by atoms with Gasteiger partial charge in [-0.25, -0.2) is 0 Å². The molecule has 0 aromatic carbocycles. The van der Waals surface area contributed by atoms with E-state index in [1.54, 1.807) is 12.1 Å². The van der Waals surface area contributed by atoms with Gasteiger partial charge in [-0.05, 0) is 0 Å². The average Bonchev–Trinajstić information content (AvgIpc) is 1.97. The SMILES string of the molecule is N#CCOP(O)OCC#N. The lowest BCUT2D eigenvalue weighted by Crippen LogP contribution is -1.90. The highest BCUT2D eigenvalue weighted by atomic mass is 31.2. The quantitative estimate of drug-likeness (QED) is 0.597. The molecule has 0 aliphatic rings. The Bertz CT molecular complexity index is 143. The monoisotopic (exact) mass is 160 g/mol. The molecule has 0 rings (SSSR count). The van der Waals surface area contributed by atoms with Crippen molar-refractivity contribution >= 4 is 8.60 Å². The predicted octanol–water partition coefficient (Wildman–Crippen LogP) is 0.286. The summed E-state index contributed by atoms with van der Waals surface area (Å²) in [7, 11) is -2.04. The second-order valence-electron chi connectivity index (χ2n) is 1.10. The standard InChI is InChI=1S/C4H5N2O3P/c5-1-3-8-10(7)9-4-2-6/h7H,3-4H2.